The average molecular weight is 343 g/mol. The van der Waals surface area contributed by atoms with E-state index in [-0.39, 0.29) is 6.04 Å². The van der Waals surface area contributed by atoms with Crippen molar-refractivity contribution < 1.29 is 13.2 Å². The largest absolute Gasteiger partial charge is 0.416 e. The molecule has 0 saturated heterocycles. The number of fused-ring (bicyclic) bond motifs is 1. The summed E-state index contributed by atoms with van der Waals surface area (Å²) in [5.74, 6) is 0.884. The molecule has 128 valence electrons. The fraction of sp³-hybridized carbons (Fsp3) is 0.211. The zero-order chi connectivity index (χ0) is 17.4. The first kappa shape index (κ1) is 15.7. The lowest BCUT2D eigenvalue weighted by Gasteiger charge is -2.25. The Labute approximate surface area is 143 Å². The van der Waals surface area contributed by atoms with Gasteiger partial charge < -0.3 is 5.32 Å². The molecule has 2 aromatic carbocycles. The van der Waals surface area contributed by atoms with Crippen LogP contribution in [0.25, 0.3) is 11.3 Å². The second-order valence-electron chi connectivity index (χ2n) is 6.08. The number of hydrogen-bond acceptors (Lipinski definition) is 2. The second-order valence-corrected chi connectivity index (χ2v) is 6.08. The molecule has 0 fully saturated rings. The molecule has 1 unspecified atom stereocenters. The van der Waals surface area contributed by atoms with Gasteiger partial charge in [0.15, 0.2) is 0 Å². The maximum atomic E-state index is 12.7. The number of rotatable bonds is 2. The van der Waals surface area contributed by atoms with E-state index in [1.807, 2.05) is 28.9 Å². The summed E-state index contributed by atoms with van der Waals surface area (Å²) in [6.07, 6.45) is -3.42. The third-order valence-corrected chi connectivity index (χ3v) is 4.45. The molecule has 1 aliphatic rings. The Morgan fingerprint density at radius 2 is 1.72 bits per heavy atom. The van der Waals surface area contributed by atoms with E-state index >= 15 is 0 Å². The molecule has 0 saturated carbocycles. The van der Waals surface area contributed by atoms with Crippen LogP contribution >= 0.6 is 0 Å². The summed E-state index contributed by atoms with van der Waals surface area (Å²) in [5.41, 5.74) is 1.86. The Morgan fingerprint density at radius 1 is 1.00 bits per heavy atom. The van der Waals surface area contributed by atoms with Crippen molar-refractivity contribution in [2.24, 2.45) is 0 Å². The van der Waals surface area contributed by atoms with Gasteiger partial charge in [0.25, 0.3) is 0 Å². The van der Waals surface area contributed by atoms with Crippen LogP contribution in [0.15, 0.2) is 60.7 Å². The first-order valence-corrected chi connectivity index (χ1v) is 8.08. The Balaban J connectivity index is 1.69. The molecule has 6 heteroatoms. The van der Waals surface area contributed by atoms with Crippen molar-refractivity contribution in [3.8, 4) is 11.3 Å². The van der Waals surface area contributed by atoms with Crippen LogP contribution in [-0.2, 0) is 6.18 Å². The van der Waals surface area contributed by atoms with Gasteiger partial charge in [-0.2, -0.15) is 18.3 Å². The van der Waals surface area contributed by atoms with E-state index in [0.29, 0.717) is 11.3 Å². The minimum Gasteiger partial charge on any atom is -0.370 e. The number of anilines is 1. The standard InChI is InChI=1S/C19H16F3N3/c20-19(21,22)15-8-6-13(7-9-15)16-12-18-23-11-10-17(25(18)24-16)14-4-2-1-3-5-14/h1-9,12,17,23H,10-11H2. The molecular weight excluding hydrogens is 327 g/mol. The van der Waals surface area contributed by atoms with Gasteiger partial charge in [-0.3, -0.25) is 0 Å². The smallest absolute Gasteiger partial charge is 0.370 e. The highest BCUT2D eigenvalue weighted by molar-refractivity contribution is 5.64. The van der Waals surface area contributed by atoms with Gasteiger partial charge in [0.2, 0.25) is 0 Å². The lowest BCUT2D eigenvalue weighted by molar-refractivity contribution is -0.137. The highest BCUT2D eigenvalue weighted by atomic mass is 19.4. The first-order chi connectivity index (χ1) is 12.0. The fourth-order valence-corrected chi connectivity index (χ4v) is 3.18. The zero-order valence-electron chi connectivity index (χ0n) is 13.3. The second kappa shape index (κ2) is 5.95. The summed E-state index contributed by atoms with van der Waals surface area (Å²) in [5, 5.41) is 7.95. The van der Waals surface area contributed by atoms with E-state index in [9.17, 15) is 13.2 Å². The number of nitrogens with one attached hydrogen (secondary N) is 1. The van der Waals surface area contributed by atoms with E-state index in [1.165, 1.54) is 17.7 Å². The summed E-state index contributed by atoms with van der Waals surface area (Å²) in [7, 11) is 0. The van der Waals surface area contributed by atoms with Crippen LogP contribution in [0.4, 0.5) is 19.0 Å². The normalized spacial score (nSPS) is 17.0. The number of hydrogen-bond donors (Lipinski definition) is 1. The molecule has 25 heavy (non-hydrogen) atoms. The predicted octanol–water partition coefficient (Wildman–Crippen LogP) is 4.97. The number of aromatic nitrogens is 2. The SMILES string of the molecule is FC(F)(F)c1ccc(-c2cc3n(n2)C(c2ccccc2)CCN3)cc1. The quantitative estimate of drug-likeness (QED) is 0.712. The Kier molecular flexibility index (Phi) is 3.75. The van der Waals surface area contributed by atoms with Gasteiger partial charge in [0.05, 0.1) is 17.3 Å². The minimum absolute atomic E-state index is 0.126. The molecule has 1 aromatic heterocycles. The third-order valence-electron chi connectivity index (χ3n) is 4.45. The maximum absolute atomic E-state index is 12.7. The molecule has 0 spiro atoms. The van der Waals surface area contributed by atoms with Crippen molar-refractivity contribution >= 4 is 5.82 Å². The van der Waals surface area contributed by atoms with Crippen LogP contribution in [-0.4, -0.2) is 16.3 Å². The van der Waals surface area contributed by atoms with Gasteiger partial charge in [-0.15, -0.1) is 0 Å². The van der Waals surface area contributed by atoms with Crippen molar-refractivity contribution in [3.63, 3.8) is 0 Å². The van der Waals surface area contributed by atoms with E-state index in [1.54, 1.807) is 0 Å². The number of nitrogens with zero attached hydrogens (tertiary/aromatic N) is 2. The van der Waals surface area contributed by atoms with Crippen molar-refractivity contribution in [2.75, 3.05) is 11.9 Å². The Bertz CT molecular complexity index is 867. The van der Waals surface area contributed by atoms with Gasteiger partial charge in [0, 0.05) is 18.2 Å². The van der Waals surface area contributed by atoms with E-state index in [4.69, 9.17) is 0 Å². The van der Waals surface area contributed by atoms with Gasteiger partial charge >= 0.3 is 6.18 Å². The molecule has 4 rings (SSSR count). The molecule has 1 N–H and O–H groups in total. The molecule has 0 aliphatic carbocycles. The van der Waals surface area contributed by atoms with E-state index in [2.05, 4.69) is 22.5 Å². The highest BCUT2D eigenvalue weighted by Gasteiger charge is 2.30. The van der Waals surface area contributed by atoms with E-state index < -0.39 is 11.7 Å². The van der Waals surface area contributed by atoms with Crippen LogP contribution in [0.5, 0.6) is 0 Å². The number of alkyl halides is 3. The molecule has 3 aromatic rings. The molecule has 2 heterocycles. The topological polar surface area (TPSA) is 29.9 Å². The van der Waals surface area contributed by atoms with Gasteiger partial charge in [0.1, 0.15) is 5.82 Å². The molecule has 0 amide bonds. The van der Waals surface area contributed by atoms with Crippen molar-refractivity contribution in [1.82, 2.24) is 9.78 Å². The molecule has 0 radical (unpaired) electrons. The van der Waals surface area contributed by atoms with Crippen LogP contribution in [0.1, 0.15) is 23.6 Å². The van der Waals surface area contributed by atoms with Crippen molar-refractivity contribution in [2.45, 2.75) is 18.6 Å². The maximum Gasteiger partial charge on any atom is 0.416 e. The van der Waals surface area contributed by atoms with Crippen molar-refractivity contribution in [3.05, 3.63) is 71.8 Å². The van der Waals surface area contributed by atoms with Crippen LogP contribution < -0.4 is 5.32 Å². The van der Waals surface area contributed by atoms with Crippen LogP contribution in [0.2, 0.25) is 0 Å². The van der Waals surface area contributed by atoms with Crippen molar-refractivity contribution in [1.29, 1.82) is 0 Å². The lowest BCUT2D eigenvalue weighted by Crippen LogP contribution is -2.24. The van der Waals surface area contributed by atoms with E-state index in [0.717, 1.165) is 30.9 Å². The molecule has 3 nitrogen and oxygen atoms in total. The van der Waals surface area contributed by atoms with Crippen LogP contribution in [0.3, 0.4) is 0 Å². The molecular formula is C19H16F3N3. The fourth-order valence-electron chi connectivity index (χ4n) is 3.18. The molecule has 0 bridgehead atoms. The predicted molar refractivity (Wildman–Crippen MR) is 90.4 cm³/mol. The summed E-state index contributed by atoms with van der Waals surface area (Å²) in [4.78, 5) is 0. The third kappa shape index (κ3) is 2.99. The molecule has 1 aliphatic heterocycles. The summed E-state index contributed by atoms with van der Waals surface area (Å²) >= 11 is 0. The van der Waals surface area contributed by atoms with Gasteiger partial charge in [-0.25, -0.2) is 4.68 Å². The average Bonchev–Trinajstić information content (AvgIpc) is 3.06. The summed E-state index contributed by atoms with van der Waals surface area (Å²) in [6, 6.07) is 17.2. The first-order valence-electron chi connectivity index (χ1n) is 8.08. The summed E-state index contributed by atoms with van der Waals surface area (Å²) in [6.45, 7) is 0.831. The van der Waals surface area contributed by atoms with Crippen LogP contribution in [0, 0.1) is 0 Å². The Hall–Kier alpha value is -2.76. The number of halogens is 3. The zero-order valence-corrected chi connectivity index (χ0v) is 13.3. The van der Waals surface area contributed by atoms with Gasteiger partial charge in [-0.05, 0) is 24.1 Å². The van der Waals surface area contributed by atoms with Gasteiger partial charge in [-0.1, -0.05) is 42.5 Å². The molecule has 1 atom stereocenters. The Morgan fingerprint density at radius 3 is 2.40 bits per heavy atom. The summed E-state index contributed by atoms with van der Waals surface area (Å²) < 4.78 is 40.1. The lowest BCUT2D eigenvalue weighted by atomic mass is 10.0. The minimum atomic E-state index is -4.33. The number of benzene rings is 2. The monoisotopic (exact) mass is 343 g/mol. The highest BCUT2D eigenvalue weighted by Crippen LogP contribution is 2.34.